The van der Waals surface area contributed by atoms with E-state index in [-0.39, 0.29) is 0 Å². The quantitative estimate of drug-likeness (QED) is 0.825. The topological polar surface area (TPSA) is 49.6 Å². The zero-order valence-electron chi connectivity index (χ0n) is 7.35. The summed E-state index contributed by atoms with van der Waals surface area (Å²) >= 11 is 8.91. The molecule has 1 aromatic heterocycles. The monoisotopic (exact) mass is 253 g/mol. The SMILES string of the molecule is N#Cc1ccc(Sc2nncs2)c(Cl)c1. The highest BCUT2D eigenvalue weighted by molar-refractivity contribution is 8.01. The number of nitrogens with zero attached hydrogens (tertiary/aromatic N) is 3. The van der Waals surface area contributed by atoms with E-state index in [1.165, 1.54) is 23.1 Å². The second kappa shape index (κ2) is 4.62. The van der Waals surface area contributed by atoms with Crippen molar-refractivity contribution in [2.24, 2.45) is 0 Å². The van der Waals surface area contributed by atoms with E-state index in [2.05, 4.69) is 10.2 Å². The molecule has 1 aromatic carbocycles. The lowest BCUT2D eigenvalue weighted by atomic mass is 10.2. The third-order valence-electron chi connectivity index (χ3n) is 1.60. The Hall–Kier alpha value is -1.09. The number of halogens is 1. The number of hydrogen-bond donors (Lipinski definition) is 0. The van der Waals surface area contributed by atoms with E-state index < -0.39 is 0 Å². The van der Waals surface area contributed by atoms with Crippen molar-refractivity contribution in [2.75, 3.05) is 0 Å². The van der Waals surface area contributed by atoms with Gasteiger partial charge in [-0.15, -0.1) is 10.2 Å². The van der Waals surface area contributed by atoms with Gasteiger partial charge in [-0.25, -0.2) is 0 Å². The molecule has 0 unspecified atom stereocenters. The van der Waals surface area contributed by atoms with Crippen LogP contribution in [0.3, 0.4) is 0 Å². The van der Waals surface area contributed by atoms with Crippen molar-refractivity contribution in [2.45, 2.75) is 9.24 Å². The lowest BCUT2D eigenvalue weighted by Gasteiger charge is -2.00. The number of hydrogen-bond acceptors (Lipinski definition) is 5. The predicted molar refractivity (Wildman–Crippen MR) is 60.2 cm³/mol. The van der Waals surface area contributed by atoms with Crippen LogP contribution in [0.2, 0.25) is 5.02 Å². The highest BCUT2D eigenvalue weighted by Crippen LogP contribution is 2.34. The standard InChI is InChI=1S/C9H4ClN3S2/c10-7-3-6(4-11)1-2-8(7)15-9-13-12-5-14-9/h1-3,5H. The molecule has 15 heavy (non-hydrogen) atoms. The molecule has 2 rings (SSSR count). The Kier molecular flexibility index (Phi) is 3.21. The van der Waals surface area contributed by atoms with Gasteiger partial charge in [0.1, 0.15) is 5.51 Å². The van der Waals surface area contributed by atoms with Crippen LogP contribution in [0.4, 0.5) is 0 Å². The first kappa shape index (κ1) is 10.4. The Morgan fingerprint density at radius 3 is 2.93 bits per heavy atom. The molecule has 0 aliphatic carbocycles. The Morgan fingerprint density at radius 1 is 1.47 bits per heavy atom. The van der Waals surface area contributed by atoms with Crippen molar-refractivity contribution in [3.63, 3.8) is 0 Å². The van der Waals surface area contributed by atoms with Crippen molar-refractivity contribution in [3.8, 4) is 6.07 Å². The molecular weight excluding hydrogens is 250 g/mol. The molecule has 1 heterocycles. The Balaban J connectivity index is 2.27. The van der Waals surface area contributed by atoms with E-state index in [1.54, 1.807) is 17.6 Å². The van der Waals surface area contributed by atoms with E-state index in [0.717, 1.165) is 9.24 Å². The molecule has 0 aliphatic rings. The minimum absolute atomic E-state index is 0.557. The molecule has 0 atom stereocenters. The second-order valence-electron chi connectivity index (χ2n) is 2.56. The summed E-state index contributed by atoms with van der Waals surface area (Å²) in [5, 5.41) is 16.9. The normalized spacial score (nSPS) is 9.87. The van der Waals surface area contributed by atoms with Crippen molar-refractivity contribution < 1.29 is 0 Å². The Morgan fingerprint density at radius 2 is 2.33 bits per heavy atom. The van der Waals surface area contributed by atoms with Crippen LogP contribution in [0.1, 0.15) is 5.56 Å². The molecule has 0 saturated heterocycles. The van der Waals surface area contributed by atoms with Gasteiger partial charge in [0, 0.05) is 4.90 Å². The summed E-state index contributed by atoms with van der Waals surface area (Å²) < 4.78 is 0.835. The van der Waals surface area contributed by atoms with E-state index in [0.29, 0.717) is 10.6 Å². The van der Waals surface area contributed by atoms with Crippen molar-refractivity contribution in [1.29, 1.82) is 5.26 Å². The van der Waals surface area contributed by atoms with Gasteiger partial charge in [-0.05, 0) is 18.2 Å². The molecule has 6 heteroatoms. The molecule has 0 bridgehead atoms. The van der Waals surface area contributed by atoms with Gasteiger partial charge >= 0.3 is 0 Å². The first-order valence-electron chi connectivity index (χ1n) is 3.93. The van der Waals surface area contributed by atoms with Crippen molar-refractivity contribution >= 4 is 34.7 Å². The fourth-order valence-electron chi connectivity index (χ4n) is 0.955. The first-order valence-corrected chi connectivity index (χ1v) is 6.00. The van der Waals surface area contributed by atoms with Crippen LogP contribution >= 0.6 is 34.7 Å². The summed E-state index contributed by atoms with van der Waals surface area (Å²) in [7, 11) is 0. The van der Waals surface area contributed by atoms with Crippen LogP contribution in [0.25, 0.3) is 0 Å². The minimum Gasteiger partial charge on any atom is -0.192 e. The molecule has 0 saturated carbocycles. The van der Waals surface area contributed by atoms with Crippen LogP contribution < -0.4 is 0 Å². The van der Waals surface area contributed by atoms with Gasteiger partial charge in [-0.2, -0.15) is 5.26 Å². The third-order valence-corrected chi connectivity index (χ3v) is 3.88. The Labute approximate surface area is 99.7 Å². The fraction of sp³-hybridized carbons (Fsp3) is 0. The van der Waals surface area contributed by atoms with E-state index >= 15 is 0 Å². The largest absolute Gasteiger partial charge is 0.192 e. The van der Waals surface area contributed by atoms with Gasteiger partial charge in [0.25, 0.3) is 0 Å². The van der Waals surface area contributed by atoms with Gasteiger partial charge in [0.05, 0.1) is 16.7 Å². The molecule has 0 radical (unpaired) electrons. The average molecular weight is 254 g/mol. The van der Waals surface area contributed by atoms with Crippen molar-refractivity contribution in [3.05, 3.63) is 34.3 Å². The smallest absolute Gasteiger partial charge is 0.178 e. The maximum atomic E-state index is 8.67. The molecule has 0 N–H and O–H groups in total. The maximum absolute atomic E-state index is 8.67. The van der Waals surface area contributed by atoms with Crippen LogP contribution in [0, 0.1) is 11.3 Å². The molecule has 0 fully saturated rings. The fourth-order valence-corrected chi connectivity index (χ4v) is 2.69. The summed E-state index contributed by atoms with van der Waals surface area (Å²) in [6, 6.07) is 7.22. The minimum atomic E-state index is 0.557. The van der Waals surface area contributed by atoms with Crippen LogP contribution in [0.5, 0.6) is 0 Å². The zero-order valence-corrected chi connectivity index (χ0v) is 9.73. The van der Waals surface area contributed by atoms with Gasteiger partial charge in [-0.1, -0.05) is 34.7 Å². The number of aromatic nitrogens is 2. The summed E-state index contributed by atoms with van der Waals surface area (Å²) in [6.07, 6.45) is 0. The zero-order chi connectivity index (χ0) is 10.7. The summed E-state index contributed by atoms with van der Waals surface area (Å²) in [6.45, 7) is 0. The van der Waals surface area contributed by atoms with Crippen LogP contribution in [-0.2, 0) is 0 Å². The molecular formula is C9H4ClN3S2. The van der Waals surface area contributed by atoms with E-state index in [4.69, 9.17) is 16.9 Å². The summed E-state index contributed by atoms with van der Waals surface area (Å²) in [5.74, 6) is 0. The maximum Gasteiger partial charge on any atom is 0.178 e. The highest BCUT2D eigenvalue weighted by Gasteiger charge is 2.05. The molecule has 2 aromatic rings. The summed E-state index contributed by atoms with van der Waals surface area (Å²) in [5.41, 5.74) is 2.22. The molecule has 0 spiro atoms. The number of nitriles is 1. The van der Waals surface area contributed by atoms with E-state index in [1.807, 2.05) is 12.1 Å². The van der Waals surface area contributed by atoms with Gasteiger partial charge < -0.3 is 0 Å². The Bertz CT molecular complexity index is 505. The molecule has 74 valence electrons. The molecule has 3 nitrogen and oxygen atoms in total. The first-order chi connectivity index (χ1) is 7.29. The predicted octanol–water partition coefficient (Wildman–Crippen LogP) is 3.21. The van der Waals surface area contributed by atoms with E-state index in [9.17, 15) is 0 Å². The lowest BCUT2D eigenvalue weighted by Crippen LogP contribution is -1.78. The third kappa shape index (κ3) is 2.48. The number of benzene rings is 1. The van der Waals surface area contributed by atoms with Gasteiger partial charge in [0.15, 0.2) is 4.34 Å². The van der Waals surface area contributed by atoms with Gasteiger partial charge in [0.2, 0.25) is 0 Å². The van der Waals surface area contributed by atoms with Crippen LogP contribution in [0.15, 0.2) is 32.9 Å². The van der Waals surface area contributed by atoms with Gasteiger partial charge in [-0.3, -0.25) is 0 Å². The highest BCUT2D eigenvalue weighted by atomic mass is 35.5. The van der Waals surface area contributed by atoms with Crippen molar-refractivity contribution in [1.82, 2.24) is 10.2 Å². The average Bonchev–Trinajstić information content (AvgIpc) is 2.74. The number of rotatable bonds is 2. The summed E-state index contributed by atoms with van der Waals surface area (Å²) in [4.78, 5) is 0.882. The lowest BCUT2D eigenvalue weighted by molar-refractivity contribution is 1.01. The van der Waals surface area contributed by atoms with Crippen LogP contribution in [-0.4, -0.2) is 10.2 Å². The second-order valence-corrected chi connectivity index (χ2v) is 5.09. The molecule has 0 aliphatic heterocycles. The molecule has 0 amide bonds.